The van der Waals surface area contributed by atoms with Crippen molar-refractivity contribution in [2.24, 2.45) is 0 Å². The Morgan fingerprint density at radius 2 is 1.94 bits per heavy atom. The summed E-state index contributed by atoms with van der Waals surface area (Å²) in [6.45, 7) is 3.20. The molecule has 3 fully saturated rings. The maximum absolute atomic E-state index is 13.5. The summed E-state index contributed by atoms with van der Waals surface area (Å²) in [5.41, 5.74) is 0. The Hall–Kier alpha value is -1.27. The summed E-state index contributed by atoms with van der Waals surface area (Å²) < 4.78 is 40.2. The fourth-order valence-electron chi connectivity index (χ4n) is 4.71. The minimum absolute atomic E-state index is 0.0129. The fraction of sp³-hybridized carbons (Fsp3) is 0.682. The number of β-amino-alcohol motifs (C(OH)–C–C–N with tert-alkyl or cyclic N) is 1. The number of sulfonamides is 1. The van der Waals surface area contributed by atoms with Crippen LogP contribution in [0.1, 0.15) is 19.3 Å². The number of carbonyl (C=O) groups is 1. The van der Waals surface area contributed by atoms with Gasteiger partial charge in [0.15, 0.2) is 0 Å². The molecule has 3 saturated heterocycles. The van der Waals surface area contributed by atoms with Crippen LogP contribution >= 0.6 is 11.6 Å². The molecule has 4 rings (SSSR count). The Morgan fingerprint density at radius 3 is 2.67 bits per heavy atom. The minimum Gasteiger partial charge on any atom is -0.389 e. The molecular weight excluding hydrogens is 470 g/mol. The molecular formula is C22H32ClN3O6S. The van der Waals surface area contributed by atoms with Gasteiger partial charge in [-0.15, -0.1) is 0 Å². The summed E-state index contributed by atoms with van der Waals surface area (Å²) in [4.78, 5) is 16.9. The molecule has 0 radical (unpaired) electrons. The van der Waals surface area contributed by atoms with Gasteiger partial charge in [-0.25, -0.2) is 8.42 Å². The van der Waals surface area contributed by atoms with Crippen molar-refractivity contribution >= 4 is 27.5 Å². The Morgan fingerprint density at radius 1 is 1.18 bits per heavy atom. The highest BCUT2D eigenvalue weighted by molar-refractivity contribution is 7.89. The van der Waals surface area contributed by atoms with E-state index in [0.717, 1.165) is 13.1 Å². The van der Waals surface area contributed by atoms with Crippen molar-refractivity contribution in [2.75, 3.05) is 53.0 Å². The maximum Gasteiger partial charge on any atom is 0.243 e. The summed E-state index contributed by atoms with van der Waals surface area (Å²) in [5, 5.41) is 10.6. The SMILES string of the molecule is CN1CCN(C(=O)C[C@H]2CC[C@H]3[C@@H](COC[C@H](O)CN3S(=O)(=O)c3cccc(Cl)c3)O2)CC1. The van der Waals surface area contributed by atoms with Crippen LogP contribution in [0.15, 0.2) is 29.2 Å². The third-order valence-corrected chi connectivity index (χ3v) is 8.72. The number of amides is 1. The van der Waals surface area contributed by atoms with Gasteiger partial charge < -0.3 is 24.4 Å². The number of fused-ring (bicyclic) bond motifs is 1. The van der Waals surface area contributed by atoms with Gasteiger partial charge in [0.25, 0.3) is 0 Å². The third-order valence-electron chi connectivity index (χ3n) is 6.59. The zero-order valence-corrected chi connectivity index (χ0v) is 20.4. The molecule has 0 spiro atoms. The Labute approximate surface area is 200 Å². The lowest BCUT2D eigenvalue weighted by Crippen LogP contribution is -2.57. The first-order chi connectivity index (χ1) is 15.7. The van der Waals surface area contributed by atoms with Crippen molar-refractivity contribution < 1.29 is 27.8 Å². The first kappa shape index (κ1) is 24.8. The predicted octanol–water partition coefficient (Wildman–Crippen LogP) is 0.802. The van der Waals surface area contributed by atoms with Crippen LogP contribution in [0.2, 0.25) is 5.02 Å². The zero-order chi connectivity index (χ0) is 23.6. The maximum atomic E-state index is 13.5. The number of halogens is 1. The number of rotatable bonds is 4. The Kier molecular flexibility index (Phi) is 7.95. The van der Waals surface area contributed by atoms with E-state index in [1.54, 1.807) is 12.1 Å². The number of likely N-dealkylation sites (N-methyl/N-ethyl adjacent to an activating group) is 1. The van der Waals surface area contributed by atoms with Crippen LogP contribution in [-0.4, -0.2) is 111 Å². The number of hydrogen-bond acceptors (Lipinski definition) is 7. The van der Waals surface area contributed by atoms with E-state index >= 15 is 0 Å². The van der Waals surface area contributed by atoms with Crippen molar-refractivity contribution in [3.63, 3.8) is 0 Å². The molecule has 1 aromatic rings. The molecule has 0 saturated carbocycles. The molecule has 0 aromatic heterocycles. The number of aliphatic hydroxyl groups excluding tert-OH is 1. The van der Waals surface area contributed by atoms with E-state index in [4.69, 9.17) is 21.1 Å². The highest BCUT2D eigenvalue weighted by Crippen LogP contribution is 2.32. The monoisotopic (exact) mass is 501 g/mol. The highest BCUT2D eigenvalue weighted by atomic mass is 35.5. The van der Waals surface area contributed by atoms with Crippen molar-refractivity contribution in [3.05, 3.63) is 29.3 Å². The predicted molar refractivity (Wildman–Crippen MR) is 123 cm³/mol. The summed E-state index contributed by atoms with van der Waals surface area (Å²) in [5.74, 6) is 0.0668. The van der Waals surface area contributed by atoms with Crippen molar-refractivity contribution in [1.29, 1.82) is 0 Å². The van der Waals surface area contributed by atoms with Crippen LogP contribution in [-0.2, 0) is 24.3 Å². The van der Waals surface area contributed by atoms with E-state index < -0.39 is 28.3 Å². The molecule has 184 valence electrons. The van der Waals surface area contributed by atoms with Gasteiger partial charge in [-0.05, 0) is 38.1 Å². The van der Waals surface area contributed by atoms with E-state index in [1.807, 2.05) is 11.9 Å². The molecule has 4 atom stereocenters. The number of ether oxygens (including phenoxy) is 2. The average molecular weight is 502 g/mol. The molecule has 3 heterocycles. The van der Waals surface area contributed by atoms with E-state index in [9.17, 15) is 18.3 Å². The molecule has 1 N–H and O–H groups in total. The molecule has 1 amide bonds. The largest absolute Gasteiger partial charge is 0.389 e. The summed E-state index contributed by atoms with van der Waals surface area (Å²) in [7, 11) is -1.87. The topological polar surface area (TPSA) is 99.6 Å². The fourth-order valence-corrected chi connectivity index (χ4v) is 6.73. The van der Waals surface area contributed by atoms with Gasteiger partial charge in [0, 0.05) is 37.7 Å². The van der Waals surface area contributed by atoms with Crippen LogP contribution < -0.4 is 0 Å². The minimum atomic E-state index is -3.92. The van der Waals surface area contributed by atoms with E-state index in [2.05, 4.69) is 4.90 Å². The van der Waals surface area contributed by atoms with Crippen LogP contribution in [0.5, 0.6) is 0 Å². The van der Waals surface area contributed by atoms with E-state index in [-0.39, 0.29) is 43.1 Å². The lowest BCUT2D eigenvalue weighted by Gasteiger charge is -2.44. The molecule has 9 nitrogen and oxygen atoms in total. The molecule has 11 heteroatoms. The first-order valence-electron chi connectivity index (χ1n) is 11.4. The molecule has 0 bridgehead atoms. The lowest BCUT2D eigenvalue weighted by atomic mass is 9.96. The van der Waals surface area contributed by atoms with Gasteiger partial charge in [-0.1, -0.05) is 17.7 Å². The molecule has 0 unspecified atom stereocenters. The van der Waals surface area contributed by atoms with Crippen LogP contribution in [0.25, 0.3) is 0 Å². The normalized spacial score (nSPS) is 30.3. The second-order valence-electron chi connectivity index (χ2n) is 9.05. The number of nitrogens with zero attached hydrogens (tertiary/aromatic N) is 3. The average Bonchev–Trinajstić information content (AvgIpc) is 2.77. The number of benzene rings is 1. The second kappa shape index (κ2) is 10.6. The second-order valence-corrected chi connectivity index (χ2v) is 11.4. The lowest BCUT2D eigenvalue weighted by molar-refractivity contribution is -0.152. The zero-order valence-electron chi connectivity index (χ0n) is 18.8. The van der Waals surface area contributed by atoms with Gasteiger partial charge in [-0.3, -0.25) is 4.79 Å². The standard InChI is InChI=1S/C22H32ClN3O6S/c1-24-7-9-25(10-8-24)22(28)12-18-5-6-20-21(32-18)15-31-14-17(27)13-26(20)33(29,30)19-4-2-3-16(23)11-19/h2-4,11,17-18,20-21,27H,5-10,12-15H2,1H3/t17-,18-,20+,21-/m1/s1. The third kappa shape index (κ3) is 5.87. The van der Waals surface area contributed by atoms with Crippen LogP contribution in [0, 0.1) is 0 Å². The van der Waals surface area contributed by atoms with Gasteiger partial charge in [0.05, 0.1) is 48.9 Å². The molecule has 0 aliphatic carbocycles. The quantitative estimate of drug-likeness (QED) is 0.651. The molecule has 3 aliphatic rings. The summed E-state index contributed by atoms with van der Waals surface area (Å²) in [6, 6.07) is 5.62. The van der Waals surface area contributed by atoms with Gasteiger partial charge >= 0.3 is 0 Å². The van der Waals surface area contributed by atoms with Gasteiger partial charge in [0.1, 0.15) is 0 Å². The van der Waals surface area contributed by atoms with Crippen molar-refractivity contribution in [2.45, 2.75) is 48.5 Å². The molecule has 33 heavy (non-hydrogen) atoms. The summed E-state index contributed by atoms with van der Waals surface area (Å²) >= 11 is 6.04. The van der Waals surface area contributed by atoms with Gasteiger partial charge in [0.2, 0.25) is 15.9 Å². The smallest absolute Gasteiger partial charge is 0.243 e. The van der Waals surface area contributed by atoms with E-state index in [1.165, 1.54) is 16.4 Å². The highest BCUT2D eigenvalue weighted by Gasteiger charge is 2.43. The molecule has 3 aliphatic heterocycles. The van der Waals surface area contributed by atoms with E-state index in [0.29, 0.717) is 31.0 Å². The Balaban J connectivity index is 1.48. The molecule has 1 aromatic carbocycles. The number of piperazine rings is 1. The van der Waals surface area contributed by atoms with Crippen LogP contribution in [0.3, 0.4) is 0 Å². The Bertz CT molecular complexity index is 940. The number of carbonyl (C=O) groups excluding carboxylic acids is 1. The van der Waals surface area contributed by atoms with Crippen molar-refractivity contribution in [3.8, 4) is 0 Å². The van der Waals surface area contributed by atoms with Crippen LogP contribution in [0.4, 0.5) is 0 Å². The summed E-state index contributed by atoms with van der Waals surface area (Å²) in [6.07, 6.45) is -0.417. The number of aliphatic hydroxyl groups is 1. The van der Waals surface area contributed by atoms with Crippen molar-refractivity contribution in [1.82, 2.24) is 14.1 Å². The van der Waals surface area contributed by atoms with Gasteiger partial charge in [-0.2, -0.15) is 4.31 Å². The first-order valence-corrected chi connectivity index (χ1v) is 13.2. The number of hydrogen-bond donors (Lipinski definition) is 1.